The Morgan fingerprint density at radius 2 is 2.24 bits per heavy atom. The van der Waals surface area contributed by atoms with Crippen molar-refractivity contribution in [2.45, 2.75) is 13.1 Å². The van der Waals surface area contributed by atoms with Crippen molar-refractivity contribution in [3.8, 4) is 0 Å². The Balaban J connectivity index is 1.87. The fourth-order valence-electron chi connectivity index (χ4n) is 1.54. The van der Waals surface area contributed by atoms with E-state index in [1.165, 1.54) is 0 Å². The first-order valence-corrected chi connectivity index (χ1v) is 6.44. The first kappa shape index (κ1) is 12.6. The molecule has 1 aromatic heterocycles. The van der Waals surface area contributed by atoms with Gasteiger partial charge in [-0.1, -0.05) is 17.7 Å². The van der Waals surface area contributed by atoms with Gasteiger partial charge >= 0.3 is 0 Å². The fourth-order valence-corrected chi connectivity index (χ4v) is 1.99. The van der Waals surface area contributed by atoms with Crippen LogP contribution in [-0.4, -0.2) is 9.55 Å². The predicted molar refractivity (Wildman–Crippen MR) is 72.9 cm³/mol. The number of hydrogen-bond acceptors (Lipinski definition) is 2. The highest BCUT2D eigenvalue weighted by molar-refractivity contribution is 9.10. The van der Waals surface area contributed by atoms with Gasteiger partial charge in [0.25, 0.3) is 0 Å². The van der Waals surface area contributed by atoms with Crippen molar-refractivity contribution in [2.75, 3.05) is 0 Å². The van der Waals surface area contributed by atoms with Crippen LogP contribution in [0.2, 0.25) is 5.02 Å². The Morgan fingerprint density at radius 1 is 1.41 bits per heavy atom. The summed E-state index contributed by atoms with van der Waals surface area (Å²) in [7, 11) is 1.96. The topological polar surface area (TPSA) is 29.9 Å². The third kappa shape index (κ3) is 3.56. The lowest BCUT2D eigenvalue weighted by atomic mass is 10.2. The maximum atomic E-state index is 6.02. The standard InChI is InChI=1S/C12H13BrClN3/c1-17-7-10(16-8-17)6-15-5-9-2-3-11(13)12(14)4-9/h2-4,7-8,15H,5-6H2,1H3. The van der Waals surface area contributed by atoms with Crippen LogP contribution >= 0.6 is 27.5 Å². The number of aryl methyl sites for hydroxylation is 1. The minimum atomic E-state index is 0.738. The Morgan fingerprint density at radius 3 is 2.88 bits per heavy atom. The molecule has 1 aromatic carbocycles. The molecule has 0 atom stereocenters. The van der Waals surface area contributed by atoms with Crippen molar-refractivity contribution < 1.29 is 0 Å². The maximum absolute atomic E-state index is 6.02. The van der Waals surface area contributed by atoms with Crippen LogP contribution in [-0.2, 0) is 20.1 Å². The van der Waals surface area contributed by atoms with Crippen LogP contribution in [0.4, 0.5) is 0 Å². The van der Waals surface area contributed by atoms with E-state index >= 15 is 0 Å². The van der Waals surface area contributed by atoms with E-state index < -0.39 is 0 Å². The summed E-state index contributed by atoms with van der Waals surface area (Å²) in [5.41, 5.74) is 2.20. The van der Waals surface area contributed by atoms with E-state index in [1.807, 2.05) is 36.0 Å². The summed E-state index contributed by atoms with van der Waals surface area (Å²) < 4.78 is 2.86. The number of imidazole rings is 1. The number of nitrogens with one attached hydrogen (secondary N) is 1. The average molecular weight is 315 g/mol. The van der Waals surface area contributed by atoms with Crippen molar-refractivity contribution in [3.63, 3.8) is 0 Å². The van der Waals surface area contributed by atoms with Gasteiger partial charge < -0.3 is 9.88 Å². The molecule has 0 radical (unpaired) electrons. The molecule has 0 spiro atoms. The lowest BCUT2D eigenvalue weighted by Crippen LogP contribution is -2.12. The van der Waals surface area contributed by atoms with E-state index in [2.05, 4.69) is 26.2 Å². The minimum absolute atomic E-state index is 0.738. The van der Waals surface area contributed by atoms with E-state index in [4.69, 9.17) is 11.6 Å². The van der Waals surface area contributed by atoms with E-state index in [0.717, 1.165) is 33.8 Å². The van der Waals surface area contributed by atoms with E-state index in [0.29, 0.717) is 0 Å². The molecule has 0 bridgehead atoms. The number of hydrogen-bond donors (Lipinski definition) is 1. The summed E-state index contributed by atoms with van der Waals surface area (Å²) in [5, 5.41) is 4.07. The van der Waals surface area contributed by atoms with Crippen molar-refractivity contribution >= 4 is 27.5 Å². The number of aromatic nitrogens is 2. The third-order valence-electron chi connectivity index (χ3n) is 2.38. The van der Waals surface area contributed by atoms with Gasteiger partial charge in [-0.05, 0) is 33.6 Å². The van der Waals surface area contributed by atoms with Crippen LogP contribution in [0.15, 0.2) is 35.2 Å². The van der Waals surface area contributed by atoms with Crippen LogP contribution in [0.25, 0.3) is 0 Å². The Labute approximate surface area is 114 Å². The largest absolute Gasteiger partial charge is 0.340 e. The van der Waals surface area contributed by atoms with Gasteiger partial charge in [0.2, 0.25) is 0 Å². The Bertz CT molecular complexity index is 510. The fraction of sp³-hybridized carbons (Fsp3) is 0.250. The van der Waals surface area contributed by atoms with Crippen molar-refractivity contribution in [2.24, 2.45) is 7.05 Å². The molecule has 0 amide bonds. The Kier molecular flexibility index (Phi) is 4.20. The first-order valence-electron chi connectivity index (χ1n) is 5.26. The van der Waals surface area contributed by atoms with Crippen molar-refractivity contribution in [1.29, 1.82) is 0 Å². The third-order valence-corrected chi connectivity index (χ3v) is 3.61. The molecule has 0 saturated carbocycles. The maximum Gasteiger partial charge on any atom is 0.0947 e. The van der Waals surface area contributed by atoms with E-state index in [9.17, 15) is 0 Å². The normalized spacial score (nSPS) is 10.8. The molecule has 0 aliphatic rings. The van der Waals surface area contributed by atoms with E-state index in [1.54, 1.807) is 6.33 Å². The molecule has 0 fully saturated rings. The van der Waals surface area contributed by atoms with Gasteiger partial charge in [-0.15, -0.1) is 0 Å². The smallest absolute Gasteiger partial charge is 0.0947 e. The summed E-state index contributed by atoms with van der Waals surface area (Å²) in [6, 6.07) is 5.96. The van der Waals surface area contributed by atoms with Gasteiger partial charge in [-0.2, -0.15) is 0 Å². The highest BCUT2D eigenvalue weighted by Gasteiger charge is 2.00. The molecule has 1 heterocycles. The monoisotopic (exact) mass is 313 g/mol. The summed E-state index contributed by atoms with van der Waals surface area (Å²) in [5.74, 6) is 0. The number of rotatable bonds is 4. The highest BCUT2D eigenvalue weighted by Crippen LogP contribution is 2.23. The second-order valence-corrected chi connectivity index (χ2v) is 5.14. The van der Waals surface area contributed by atoms with Gasteiger partial charge in [-0.3, -0.25) is 0 Å². The quantitative estimate of drug-likeness (QED) is 0.939. The van der Waals surface area contributed by atoms with Crippen LogP contribution < -0.4 is 5.32 Å². The Hall–Kier alpha value is -0.840. The summed E-state index contributed by atoms with van der Waals surface area (Å²) in [4.78, 5) is 4.25. The molecule has 17 heavy (non-hydrogen) atoms. The van der Waals surface area contributed by atoms with Gasteiger partial charge in [0.05, 0.1) is 17.0 Å². The number of benzene rings is 1. The van der Waals surface area contributed by atoms with Crippen LogP contribution in [0.1, 0.15) is 11.3 Å². The van der Waals surface area contributed by atoms with Gasteiger partial charge in [0, 0.05) is 30.8 Å². The molecular formula is C12H13BrClN3. The van der Waals surface area contributed by atoms with Crippen molar-refractivity contribution in [3.05, 3.63) is 51.5 Å². The second kappa shape index (κ2) is 5.67. The number of nitrogens with zero attached hydrogens (tertiary/aromatic N) is 2. The SMILES string of the molecule is Cn1cnc(CNCc2ccc(Br)c(Cl)c2)c1. The molecule has 3 nitrogen and oxygen atoms in total. The zero-order valence-electron chi connectivity index (χ0n) is 9.45. The molecule has 2 rings (SSSR count). The molecule has 0 unspecified atom stereocenters. The second-order valence-electron chi connectivity index (χ2n) is 3.88. The summed E-state index contributed by atoms with van der Waals surface area (Å²) >= 11 is 9.39. The van der Waals surface area contributed by atoms with Crippen LogP contribution in [0.5, 0.6) is 0 Å². The highest BCUT2D eigenvalue weighted by atomic mass is 79.9. The molecule has 0 aliphatic carbocycles. The van der Waals surface area contributed by atoms with Crippen molar-refractivity contribution in [1.82, 2.24) is 14.9 Å². The first-order chi connectivity index (χ1) is 8.15. The zero-order valence-corrected chi connectivity index (χ0v) is 11.8. The van der Waals surface area contributed by atoms with Crippen LogP contribution in [0, 0.1) is 0 Å². The molecular weight excluding hydrogens is 302 g/mol. The molecule has 0 saturated heterocycles. The van der Waals surface area contributed by atoms with Crippen LogP contribution in [0.3, 0.4) is 0 Å². The molecule has 0 aliphatic heterocycles. The minimum Gasteiger partial charge on any atom is -0.340 e. The summed E-state index contributed by atoms with van der Waals surface area (Å²) in [6.07, 6.45) is 3.80. The van der Waals surface area contributed by atoms with Gasteiger partial charge in [0.15, 0.2) is 0 Å². The predicted octanol–water partition coefficient (Wildman–Crippen LogP) is 3.13. The van der Waals surface area contributed by atoms with E-state index in [-0.39, 0.29) is 0 Å². The van der Waals surface area contributed by atoms with Gasteiger partial charge in [-0.25, -0.2) is 4.98 Å². The lowest BCUT2D eigenvalue weighted by molar-refractivity contribution is 0.681. The summed E-state index contributed by atoms with van der Waals surface area (Å²) in [6.45, 7) is 1.54. The molecule has 5 heteroatoms. The molecule has 90 valence electrons. The molecule has 1 N–H and O–H groups in total. The van der Waals surface area contributed by atoms with Gasteiger partial charge in [0.1, 0.15) is 0 Å². The average Bonchev–Trinajstić information content (AvgIpc) is 2.70. The zero-order chi connectivity index (χ0) is 12.3. The number of halogens is 2. The molecule has 2 aromatic rings. The lowest BCUT2D eigenvalue weighted by Gasteiger charge is -2.04.